The highest BCUT2D eigenvalue weighted by Crippen LogP contribution is 2.15. The van der Waals surface area contributed by atoms with E-state index in [0.717, 1.165) is 16.9 Å². The van der Waals surface area contributed by atoms with Gasteiger partial charge in [-0.1, -0.05) is 36.3 Å². The molecule has 4 heteroatoms. The van der Waals surface area contributed by atoms with Crippen LogP contribution in [0.2, 0.25) is 0 Å². The van der Waals surface area contributed by atoms with Crippen LogP contribution in [0.25, 0.3) is 0 Å². The zero-order chi connectivity index (χ0) is 16.8. The Morgan fingerprint density at radius 3 is 2.42 bits per heavy atom. The van der Waals surface area contributed by atoms with Crippen molar-refractivity contribution in [2.45, 2.75) is 6.61 Å². The van der Waals surface area contributed by atoms with Crippen LogP contribution in [0.3, 0.4) is 0 Å². The first-order chi connectivity index (χ1) is 11.7. The molecule has 0 aliphatic carbocycles. The van der Waals surface area contributed by atoms with E-state index >= 15 is 0 Å². The lowest BCUT2D eigenvalue weighted by Gasteiger charge is -2.06. The fraction of sp³-hybridized carbons (Fsp3) is 0.0500. The Morgan fingerprint density at radius 1 is 0.917 bits per heavy atom. The number of hydrogen-bond acceptors (Lipinski definition) is 3. The molecule has 2 aromatic carbocycles. The van der Waals surface area contributed by atoms with Crippen LogP contribution in [0.1, 0.15) is 16.8 Å². The number of anilines is 1. The topological polar surface area (TPSA) is 48.1 Å². The molecule has 2 N–H and O–H groups in total. The van der Waals surface area contributed by atoms with Gasteiger partial charge in [0, 0.05) is 5.56 Å². The number of aromatic nitrogens is 1. The number of benzene rings is 2. The Hall–Kier alpha value is -2.77. The minimum atomic E-state index is 0.546. The summed E-state index contributed by atoms with van der Waals surface area (Å²) < 4.78 is 6.47. The van der Waals surface area contributed by atoms with Crippen LogP contribution < -0.4 is 10.5 Å². The second-order valence-corrected chi connectivity index (χ2v) is 5.93. The van der Waals surface area contributed by atoms with Gasteiger partial charge in [-0.2, -0.15) is 0 Å². The molecule has 0 saturated carbocycles. The van der Waals surface area contributed by atoms with Gasteiger partial charge in [-0.15, -0.1) is 0 Å². The number of nitrogen functional groups attached to an aromatic ring is 1. The molecule has 0 bridgehead atoms. The molecule has 0 radical (unpaired) electrons. The zero-order valence-corrected chi connectivity index (χ0v) is 14.5. The molecule has 3 nitrogen and oxygen atoms in total. The maximum absolute atomic E-state index is 5.87. The molecule has 0 aliphatic heterocycles. The number of nitrogens with zero attached hydrogens (tertiary/aromatic N) is 1. The minimum Gasteiger partial charge on any atom is -0.489 e. The summed E-state index contributed by atoms with van der Waals surface area (Å²) in [6, 6.07) is 21.3. The third kappa shape index (κ3) is 4.37. The SMILES string of the molecule is Nc1ccc(Br)nc1C#Cc1ccc(OCc2ccccc2)cc1. The highest BCUT2D eigenvalue weighted by Gasteiger charge is 1.99. The number of hydrogen-bond donors (Lipinski definition) is 1. The van der Waals surface area contributed by atoms with Crippen molar-refractivity contribution in [2.75, 3.05) is 5.73 Å². The molecule has 1 aromatic heterocycles. The molecule has 0 aliphatic rings. The maximum atomic E-state index is 5.87. The summed E-state index contributed by atoms with van der Waals surface area (Å²) in [5.74, 6) is 6.86. The first-order valence-electron chi connectivity index (χ1n) is 7.41. The molecule has 24 heavy (non-hydrogen) atoms. The predicted molar refractivity (Wildman–Crippen MR) is 99.5 cm³/mol. The van der Waals surface area contributed by atoms with E-state index in [1.54, 1.807) is 12.1 Å². The van der Waals surface area contributed by atoms with Crippen molar-refractivity contribution in [3.05, 3.63) is 88.2 Å². The van der Waals surface area contributed by atoms with Gasteiger partial charge in [0.05, 0.1) is 5.69 Å². The molecule has 0 amide bonds. The molecular weight excluding hydrogens is 364 g/mol. The molecule has 0 fully saturated rings. The number of rotatable bonds is 3. The lowest BCUT2D eigenvalue weighted by atomic mass is 10.2. The molecule has 1 heterocycles. The normalized spacial score (nSPS) is 9.88. The molecule has 0 atom stereocenters. The molecule has 0 unspecified atom stereocenters. The predicted octanol–water partition coefficient (Wildman–Crippen LogP) is 4.41. The molecule has 3 rings (SSSR count). The Balaban J connectivity index is 1.67. The van der Waals surface area contributed by atoms with E-state index in [2.05, 4.69) is 32.8 Å². The van der Waals surface area contributed by atoms with Gasteiger partial charge in [-0.05, 0) is 63.8 Å². The highest BCUT2D eigenvalue weighted by molar-refractivity contribution is 9.10. The number of ether oxygens (including phenoxy) is 1. The van der Waals surface area contributed by atoms with E-state index in [0.29, 0.717) is 22.6 Å². The monoisotopic (exact) mass is 378 g/mol. The van der Waals surface area contributed by atoms with Gasteiger partial charge in [0.25, 0.3) is 0 Å². The first-order valence-corrected chi connectivity index (χ1v) is 8.21. The van der Waals surface area contributed by atoms with Gasteiger partial charge in [0.15, 0.2) is 0 Å². The van der Waals surface area contributed by atoms with Crippen molar-refractivity contribution >= 4 is 21.6 Å². The van der Waals surface area contributed by atoms with Crippen molar-refractivity contribution in [1.82, 2.24) is 4.98 Å². The van der Waals surface area contributed by atoms with Crippen molar-refractivity contribution < 1.29 is 4.74 Å². The van der Waals surface area contributed by atoms with Crippen LogP contribution in [0.15, 0.2) is 71.3 Å². The highest BCUT2D eigenvalue weighted by atomic mass is 79.9. The second-order valence-electron chi connectivity index (χ2n) is 5.12. The standard InChI is InChI=1S/C20H15BrN2O/c21-20-13-11-18(22)19(23-20)12-8-15-6-9-17(10-7-15)24-14-16-4-2-1-3-5-16/h1-7,9-11,13H,14,22H2. The average Bonchev–Trinajstić information content (AvgIpc) is 2.62. The maximum Gasteiger partial charge on any atom is 0.137 e. The van der Waals surface area contributed by atoms with Crippen molar-refractivity contribution in [2.24, 2.45) is 0 Å². The zero-order valence-electron chi connectivity index (χ0n) is 12.9. The summed E-state index contributed by atoms with van der Waals surface area (Å²) >= 11 is 3.32. The molecule has 0 saturated heterocycles. The third-order valence-corrected chi connectivity index (χ3v) is 3.76. The van der Waals surface area contributed by atoms with Gasteiger partial charge in [0.2, 0.25) is 0 Å². The average molecular weight is 379 g/mol. The fourth-order valence-electron chi connectivity index (χ4n) is 2.05. The summed E-state index contributed by atoms with van der Waals surface area (Å²) in [5.41, 5.74) is 9.01. The van der Waals surface area contributed by atoms with E-state index in [1.165, 1.54) is 0 Å². The smallest absolute Gasteiger partial charge is 0.137 e. The van der Waals surface area contributed by atoms with Gasteiger partial charge in [-0.25, -0.2) is 4.98 Å². The van der Waals surface area contributed by atoms with Gasteiger partial charge in [0.1, 0.15) is 22.7 Å². The molecule has 3 aromatic rings. The molecular formula is C20H15BrN2O. The number of nitrogens with two attached hydrogens (primary N) is 1. The second kappa shape index (κ2) is 7.67. The molecule has 0 spiro atoms. The summed E-state index contributed by atoms with van der Waals surface area (Å²) in [4.78, 5) is 4.26. The van der Waals surface area contributed by atoms with Crippen LogP contribution in [-0.2, 0) is 6.61 Å². The van der Waals surface area contributed by atoms with E-state index < -0.39 is 0 Å². The minimum absolute atomic E-state index is 0.546. The van der Waals surface area contributed by atoms with Crippen LogP contribution in [0.5, 0.6) is 5.75 Å². The summed E-state index contributed by atoms with van der Waals surface area (Å²) in [7, 11) is 0. The molecule has 118 valence electrons. The summed E-state index contributed by atoms with van der Waals surface area (Å²) in [5, 5.41) is 0. The quantitative estimate of drug-likeness (QED) is 0.542. The van der Waals surface area contributed by atoms with Gasteiger partial charge >= 0.3 is 0 Å². The number of halogens is 1. The summed E-state index contributed by atoms with van der Waals surface area (Å²) in [6.45, 7) is 0.546. The Labute approximate surface area is 149 Å². The van der Waals surface area contributed by atoms with Crippen LogP contribution >= 0.6 is 15.9 Å². The fourth-order valence-corrected chi connectivity index (χ4v) is 2.36. The van der Waals surface area contributed by atoms with Gasteiger partial charge < -0.3 is 10.5 Å². The first kappa shape index (κ1) is 16.1. The lowest BCUT2D eigenvalue weighted by Crippen LogP contribution is -1.95. The van der Waals surface area contributed by atoms with E-state index in [4.69, 9.17) is 10.5 Å². The van der Waals surface area contributed by atoms with E-state index in [9.17, 15) is 0 Å². The third-order valence-electron chi connectivity index (χ3n) is 3.32. The van der Waals surface area contributed by atoms with Crippen LogP contribution in [0.4, 0.5) is 5.69 Å². The van der Waals surface area contributed by atoms with Gasteiger partial charge in [-0.3, -0.25) is 0 Å². The summed E-state index contributed by atoms with van der Waals surface area (Å²) in [6.07, 6.45) is 0. The lowest BCUT2D eigenvalue weighted by molar-refractivity contribution is 0.306. The Kier molecular flexibility index (Phi) is 5.15. The van der Waals surface area contributed by atoms with Crippen molar-refractivity contribution in [3.63, 3.8) is 0 Å². The Morgan fingerprint density at radius 2 is 1.67 bits per heavy atom. The van der Waals surface area contributed by atoms with E-state index in [1.807, 2.05) is 54.6 Å². The largest absolute Gasteiger partial charge is 0.489 e. The number of pyridine rings is 1. The van der Waals surface area contributed by atoms with Crippen molar-refractivity contribution in [3.8, 4) is 17.6 Å². The van der Waals surface area contributed by atoms with Crippen LogP contribution in [0, 0.1) is 11.8 Å². The van der Waals surface area contributed by atoms with Crippen molar-refractivity contribution in [1.29, 1.82) is 0 Å². The van der Waals surface area contributed by atoms with E-state index in [-0.39, 0.29) is 0 Å². The Bertz CT molecular complexity index is 881. The van der Waals surface area contributed by atoms with Crippen LogP contribution in [-0.4, -0.2) is 4.98 Å².